The molecule has 0 saturated heterocycles. The van der Waals surface area contributed by atoms with Crippen LogP contribution in [0.5, 0.6) is 0 Å². The summed E-state index contributed by atoms with van der Waals surface area (Å²) in [7, 11) is 2.55. The molecule has 7 heteroatoms. The van der Waals surface area contributed by atoms with Gasteiger partial charge in [0.15, 0.2) is 0 Å². The zero-order chi connectivity index (χ0) is 10.9. The van der Waals surface area contributed by atoms with Crippen molar-refractivity contribution in [1.29, 1.82) is 0 Å². The number of nitrogens with one attached hydrogen (secondary N) is 1. The molecule has 0 rings (SSSR count). The Balaban J connectivity index is 0. The van der Waals surface area contributed by atoms with E-state index < -0.39 is 8.80 Å². The molecule has 0 atom stereocenters. The first-order valence-corrected chi connectivity index (χ1v) is 6.74. The molecule has 5 nitrogen and oxygen atoms in total. The smallest absolute Gasteiger partial charge is 0.377 e. The molecule has 0 aliphatic rings. The van der Waals surface area contributed by atoms with Crippen molar-refractivity contribution in [3.05, 3.63) is 0 Å². The predicted octanol–water partition coefficient (Wildman–Crippen LogP) is -0.578. The molecule has 0 fully saturated rings. The molecule has 0 spiro atoms. The van der Waals surface area contributed by atoms with Crippen LogP contribution in [0.25, 0.3) is 0 Å². The molecular weight excluding hydrogens is 239 g/mol. The summed E-state index contributed by atoms with van der Waals surface area (Å²) in [4.78, 5) is 0. The molecule has 0 aromatic heterocycles. The van der Waals surface area contributed by atoms with Gasteiger partial charge in [-0.1, -0.05) is 0 Å². The van der Waals surface area contributed by atoms with E-state index in [-0.39, 0.29) is 51.4 Å². The van der Waals surface area contributed by atoms with E-state index in [4.69, 9.17) is 19.0 Å². The first-order chi connectivity index (χ1) is 6.74. The monoisotopic (exact) mass is 261 g/mol. The van der Waals surface area contributed by atoms with Gasteiger partial charge in [0.1, 0.15) is 0 Å². The van der Waals surface area contributed by atoms with E-state index in [0.29, 0.717) is 6.54 Å². The molecule has 1 radical (unpaired) electrons. The van der Waals surface area contributed by atoms with Gasteiger partial charge in [0.05, 0.1) is 0 Å². The van der Waals surface area contributed by atoms with Gasteiger partial charge < -0.3 is 24.3 Å². The minimum absolute atomic E-state index is 0. The van der Waals surface area contributed by atoms with E-state index in [1.807, 2.05) is 0 Å². The van der Waals surface area contributed by atoms with Crippen molar-refractivity contribution in [3.8, 4) is 0 Å². The third-order valence-corrected chi connectivity index (χ3v) is 4.92. The normalized spacial score (nSPS) is 11.2. The van der Waals surface area contributed by atoms with Gasteiger partial charge in [-0.3, -0.25) is 0 Å². The minimum atomic E-state index is -2.35. The van der Waals surface area contributed by atoms with Crippen molar-refractivity contribution < 1.29 is 13.3 Å². The Labute approximate surface area is 136 Å². The van der Waals surface area contributed by atoms with Crippen LogP contribution in [0.15, 0.2) is 0 Å². The van der Waals surface area contributed by atoms with E-state index in [1.54, 1.807) is 21.3 Å². The van der Waals surface area contributed by atoms with Crippen LogP contribution in [0.2, 0.25) is 6.04 Å². The van der Waals surface area contributed by atoms with Crippen LogP contribution in [-0.4, -0.2) is 101 Å². The third-order valence-electron chi connectivity index (χ3n) is 2.09. The van der Waals surface area contributed by atoms with Gasteiger partial charge in [-0.2, -0.15) is 0 Å². The van der Waals surface area contributed by atoms with Crippen LogP contribution in [0.3, 0.4) is 0 Å². The second-order valence-electron chi connectivity index (χ2n) is 2.94. The van der Waals surface area contributed by atoms with E-state index in [0.717, 1.165) is 25.6 Å². The molecule has 0 heterocycles. The van der Waals surface area contributed by atoms with Crippen molar-refractivity contribution in [3.63, 3.8) is 0 Å². The molecule has 0 saturated carbocycles. The maximum absolute atomic E-state index is 5.35. The van der Waals surface area contributed by atoms with Gasteiger partial charge in [0.25, 0.3) is 0 Å². The molecular formula is C8H22KN2O3Si. The molecule has 0 unspecified atom stereocenters. The van der Waals surface area contributed by atoms with Crippen LogP contribution >= 0.6 is 0 Å². The second kappa shape index (κ2) is 12.1. The fourth-order valence-electron chi connectivity index (χ4n) is 1.21. The van der Waals surface area contributed by atoms with Crippen molar-refractivity contribution in [2.45, 2.75) is 12.5 Å². The second-order valence-corrected chi connectivity index (χ2v) is 6.03. The Bertz CT molecular complexity index is 131. The van der Waals surface area contributed by atoms with Crippen molar-refractivity contribution in [2.24, 2.45) is 5.73 Å². The van der Waals surface area contributed by atoms with E-state index >= 15 is 0 Å². The average Bonchev–Trinajstić information content (AvgIpc) is 2.24. The predicted molar refractivity (Wildman–Crippen MR) is 63.9 cm³/mol. The van der Waals surface area contributed by atoms with Gasteiger partial charge in [-0.05, 0) is 13.0 Å². The van der Waals surface area contributed by atoms with Crippen LogP contribution in [0.1, 0.15) is 6.42 Å². The largest absolute Gasteiger partial charge is 0.500 e. The summed E-state index contributed by atoms with van der Waals surface area (Å²) in [6, 6.07) is 0.827. The summed E-state index contributed by atoms with van der Waals surface area (Å²) in [5, 5.41) is 3.21. The Morgan fingerprint density at radius 3 is 2.00 bits per heavy atom. The molecule has 0 bridgehead atoms. The Morgan fingerprint density at radius 1 is 1.07 bits per heavy atom. The summed E-state index contributed by atoms with van der Waals surface area (Å²) in [5.74, 6) is 0. The Morgan fingerprint density at radius 2 is 1.60 bits per heavy atom. The van der Waals surface area contributed by atoms with Gasteiger partial charge in [-0.15, -0.1) is 0 Å². The van der Waals surface area contributed by atoms with Gasteiger partial charge in [0, 0.05) is 91.8 Å². The maximum Gasteiger partial charge on any atom is 0.500 e. The fraction of sp³-hybridized carbons (Fsp3) is 1.00. The van der Waals surface area contributed by atoms with E-state index in [1.165, 1.54) is 0 Å². The molecule has 87 valence electrons. The topological polar surface area (TPSA) is 65.7 Å². The zero-order valence-corrected chi connectivity index (χ0v) is 14.5. The third kappa shape index (κ3) is 8.39. The minimum Gasteiger partial charge on any atom is -0.377 e. The van der Waals surface area contributed by atoms with Gasteiger partial charge in [-0.25, -0.2) is 0 Å². The number of nitrogens with two attached hydrogens (primary N) is 1. The standard InChI is InChI=1S/C8H22N2O3Si.K/c1-11-14(12-2,13-3)8-4-6-10-7-5-9;/h10H,4-9H2,1-3H3;. The van der Waals surface area contributed by atoms with Crippen LogP contribution in [0.4, 0.5) is 0 Å². The fourth-order valence-corrected chi connectivity index (χ4v) is 2.94. The molecule has 0 aliphatic carbocycles. The maximum atomic E-state index is 5.35. The average molecular weight is 261 g/mol. The summed E-state index contributed by atoms with van der Waals surface area (Å²) < 4.78 is 15.9. The zero-order valence-electron chi connectivity index (χ0n) is 10.3. The summed E-state index contributed by atoms with van der Waals surface area (Å²) >= 11 is 0. The molecule has 0 aromatic rings. The van der Waals surface area contributed by atoms with Crippen molar-refractivity contribution in [2.75, 3.05) is 41.0 Å². The molecule has 0 amide bonds. The Kier molecular flexibility index (Phi) is 15.4. The van der Waals surface area contributed by atoms with E-state index in [2.05, 4.69) is 5.32 Å². The summed E-state index contributed by atoms with van der Waals surface area (Å²) in [6.07, 6.45) is 0.974. The van der Waals surface area contributed by atoms with Crippen LogP contribution in [0, 0.1) is 0 Å². The number of hydrogen-bond donors (Lipinski definition) is 2. The number of rotatable bonds is 9. The molecule has 0 aromatic carbocycles. The quantitative estimate of drug-likeness (QED) is 0.429. The van der Waals surface area contributed by atoms with Crippen molar-refractivity contribution in [1.82, 2.24) is 5.32 Å². The molecule has 0 aliphatic heterocycles. The van der Waals surface area contributed by atoms with Gasteiger partial charge >= 0.3 is 8.80 Å². The summed E-state index contributed by atoms with van der Waals surface area (Å²) in [5.41, 5.74) is 5.35. The first-order valence-electron chi connectivity index (χ1n) is 4.81. The SMILES string of the molecule is CO[Si](CCCNCCN)(OC)OC.[K]. The molecule has 3 N–H and O–H groups in total. The summed E-state index contributed by atoms with van der Waals surface area (Å²) in [6.45, 7) is 2.44. The van der Waals surface area contributed by atoms with Crippen molar-refractivity contribution >= 4 is 60.2 Å². The van der Waals surface area contributed by atoms with E-state index in [9.17, 15) is 0 Å². The van der Waals surface area contributed by atoms with Crippen LogP contribution in [-0.2, 0) is 13.3 Å². The van der Waals surface area contributed by atoms with Gasteiger partial charge in [0.2, 0.25) is 0 Å². The molecule has 15 heavy (non-hydrogen) atoms. The van der Waals surface area contributed by atoms with Crippen LogP contribution < -0.4 is 11.1 Å². The Hall–Kier alpha value is 1.65. The number of hydrogen-bond acceptors (Lipinski definition) is 5. The first kappa shape index (κ1) is 19.0.